The van der Waals surface area contributed by atoms with Gasteiger partial charge in [-0.1, -0.05) is 70.6 Å². The van der Waals surface area contributed by atoms with Gasteiger partial charge in [-0.3, -0.25) is 0 Å². The van der Waals surface area contributed by atoms with Gasteiger partial charge in [0, 0.05) is 24.1 Å². The van der Waals surface area contributed by atoms with Crippen LogP contribution >= 0.6 is 46.4 Å². The van der Waals surface area contributed by atoms with Crippen LogP contribution in [0.2, 0.25) is 10.0 Å². The molecule has 0 fully saturated rings. The maximum absolute atomic E-state index is 6.27. The normalized spacial score (nSPS) is 11.1. The largest absolute Gasteiger partial charge is 0.493 e. The molecule has 2 aromatic carbocycles. The SMILES string of the molecule is CCCON=C(C)c1cccc(OCCCOc2c(Cl)cc(OCC=C(Cl)Cl)cc2Cl)c1. The number of benzene rings is 2. The molecule has 174 valence electrons. The van der Waals surface area contributed by atoms with E-state index in [2.05, 4.69) is 5.16 Å². The Hall–Kier alpha value is -1.79. The average Bonchev–Trinajstić information content (AvgIpc) is 2.75. The summed E-state index contributed by atoms with van der Waals surface area (Å²) in [6, 6.07) is 10.9. The topological polar surface area (TPSA) is 49.3 Å². The van der Waals surface area contributed by atoms with Gasteiger partial charge in [-0.15, -0.1) is 0 Å². The summed E-state index contributed by atoms with van der Waals surface area (Å²) in [7, 11) is 0. The lowest BCUT2D eigenvalue weighted by atomic mass is 10.1. The van der Waals surface area contributed by atoms with Gasteiger partial charge >= 0.3 is 0 Å². The minimum atomic E-state index is 0.125. The van der Waals surface area contributed by atoms with Crippen LogP contribution in [0.1, 0.15) is 32.3 Å². The number of rotatable bonds is 13. The summed E-state index contributed by atoms with van der Waals surface area (Å²) in [5, 5.41) is 4.81. The fourth-order valence-corrected chi connectivity index (χ4v) is 3.18. The molecular formula is C23H25Cl4NO4. The summed E-state index contributed by atoms with van der Waals surface area (Å²) in [6.07, 6.45) is 3.07. The number of oxime groups is 1. The molecule has 0 N–H and O–H groups in total. The molecule has 0 aliphatic heterocycles. The molecule has 0 aliphatic rings. The molecule has 2 aromatic rings. The Bertz CT molecular complexity index is 907. The van der Waals surface area contributed by atoms with Crippen LogP contribution in [0.15, 0.2) is 52.1 Å². The highest BCUT2D eigenvalue weighted by Gasteiger charge is 2.11. The van der Waals surface area contributed by atoms with Crippen LogP contribution in [-0.4, -0.2) is 32.1 Å². The number of hydrogen-bond acceptors (Lipinski definition) is 5. The number of ether oxygens (including phenoxy) is 3. The highest BCUT2D eigenvalue weighted by Crippen LogP contribution is 2.37. The Morgan fingerprint density at radius 3 is 2.34 bits per heavy atom. The van der Waals surface area contributed by atoms with E-state index in [1.165, 1.54) is 6.08 Å². The second-order valence-electron chi connectivity index (χ2n) is 6.61. The van der Waals surface area contributed by atoms with E-state index < -0.39 is 0 Å². The first-order valence-electron chi connectivity index (χ1n) is 10.1. The van der Waals surface area contributed by atoms with Crippen molar-refractivity contribution in [1.82, 2.24) is 0 Å². The predicted octanol–water partition coefficient (Wildman–Crippen LogP) is 7.69. The van der Waals surface area contributed by atoms with Crippen molar-refractivity contribution in [2.45, 2.75) is 26.7 Å². The van der Waals surface area contributed by atoms with Gasteiger partial charge in [-0.25, -0.2) is 0 Å². The Balaban J connectivity index is 1.81. The van der Waals surface area contributed by atoms with E-state index in [4.69, 9.17) is 65.5 Å². The molecule has 5 nitrogen and oxygen atoms in total. The molecule has 0 amide bonds. The van der Waals surface area contributed by atoms with Crippen molar-refractivity contribution in [3.63, 3.8) is 0 Å². The van der Waals surface area contributed by atoms with Gasteiger partial charge in [0.15, 0.2) is 5.75 Å². The predicted molar refractivity (Wildman–Crippen MR) is 132 cm³/mol. The van der Waals surface area contributed by atoms with Crippen molar-refractivity contribution in [3.8, 4) is 17.2 Å². The van der Waals surface area contributed by atoms with Gasteiger partial charge in [0.25, 0.3) is 0 Å². The first-order valence-corrected chi connectivity index (χ1v) is 11.6. The third-order valence-corrected chi connectivity index (χ3v) is 4.88. The van der Waals surface area contributed by atoms with E-state index in [1.54, 1.807) is 12.1 Å². The molecule has 0 aromatic heterocycles. The summed E-state index contributed by atoms with van der Waals surface area (Å²) in [4.78, 5) is 5.24. The molecule has 0 heterocycles. The quantitative estimate of drug-likeness (QED) is 0.154. The summed E-state index contributed by atoms with van der Waals surface area (Å²) < 4.78 is 17.1. The molecule has 0 unspecified atom stereocenters. The third-order valence-electron chi connectivity index (χ3n) is 4.01. The highest BCUT2D eigenvalue weighted by atomic mass is 35.5. The fourth-order valence-electron chi connectivity index (χ4n) is 2.48. The van der Waals surface area contributed by atoms with Crippen molar-refractivity contribution >= 4 is 52.1 Å². The summed E-state index contributed by atoms with van der Waals surface area (Å²) >= 11 is 23.6. The van der Waals surface area contributed by atoms with Crippen LogP contribution in [0.5, 0.6) is 17.2 Å². The van der Waals surface area contributed by atoms with Gasteiger partial charge in [-0.05, 0) is 31.6 Å². The molecule has 0 saturated heterocycles. The Morgan fingerprint density at radius 2 is 1.66 bits per heavy atom. The molecule has 0 radical (unpaired) electrons. The molecule has 9 heteroatoms. The van der Waals surface area contributed by atoms with Gasteiger partial charge in [0.1, 0.15) is 29.2 Å². The lowest BCUT2D eigenvalue weighted by molar-refractivity contribution is 0.145. The van der Waals surface area contributed by atoms with Crippen LogP contribution in [0.3, 0.4) is 0 Å². The molecule has 32 heavy (non-hydrogen) atoms. The van der Waals surface area contributed by atoms with E-state index in [1.807, 2.05) is 38.1 Å². The number of hydrogen-bond donors (Lipinski definition) is 0. The van der Waals surface area contributed by atoms with E-state index in [0.717, 1.165) is 23.4 Å². The standard InChI is InChI=1S/C23H25Cl4NO4/c1-3-9-32-28-16(2)17-6-4-7-18(13-17)29-10-5-11-31-23-20(24)14-19(15-21(23)25)30-12-8-22(26)27/h4,6-8,13-15H,3,5,9-12H2,1-2H3. The van der Waals surface area contributed by atoms with Crippen molar-refractivity contribution in [2.24, 2.45) is 5.16 Å². The second kappa shape index (κ2) is 14.4. The van der Waals surface area contributed by atoms with E-state index >= 15 is 0 Å². The third kappa shape index (κ3) is 9.37. The van der Waals surface area contributed by atoms with Crippen molar-refractivity contribution in [1.29, 1.82) is 0 Å². The van der Waals surface area contributed by atoms with Crippen molar-refractivity contribution in [2.75, 3.05) is 26.4 Å². The zero-order valence-electron chi connectivity index (χ0n) is 17.9. The number of nitrogens with zero attached hydrogens (tertiary/aromatic N) is 1. The summed E-state index contributed by atoms with van der Waals surface area (Å²) in [5.41, 5.74) is 1.74. The van der Waals surface area contributed by atoms with E-state index in [0.29, 0.717) is 47.8 Å². The lowest BCUT2D eigenvalue weighted by Gasteiger charge is -2.13. The van der Waals surface area contributed by atoms with Crippen molar-refractivity contribution in [3.05, 3.63) is 62.6 Å². The van der Waals surface area contributed by atoms with Crippen LogP contribution < -0.4 is 14.2 Å². The maximum atomic E-state index is 6.27. The molecule has 0 bridgehead atoms. The first kappa shape index (κ1) is 26.5. The van der Waals surface area contributed by atoms with Gasteiger partial charge in [0.05, 0.1) is 29.0 Å². The molecular weight excluding hydrogens is 496 g/mol. The zero-order valence-corrected chi connectivity index (χ0v) is 20.9. The zero-order chi connectivity index (χ0) is 23.3. The average molecular weight is 521 g/mol. The highest BCUT2D eigenvalue weighted by molar-refractivity contribution is 6.55. The van der Waals surface area contributed by atoms with Crippen LogP contribution in [0, 0.1) is 0 Å². The Morgan fingerprint density at radius 1 is 0.938 bits per heavy atom. The van der Waals surface area contributed by atoms with Crippen LogP contribution in [-0.2, 0) is 4.84 Å². The molecule has 0 atom stereocenters. The van der Waals surface area contributed by atoms with Crippen molar-refractivity contribution < 1.29 is 19.0 Å². The smallest absolute Gasteiger partial charge is 0.156 e. The lowest BCUT2D eigenvalue weighted by Crippen LogP contribution is -2.06. The second-order valence-corrected chi connectivity index (χ2v) is 8.43. The van der Waals surface area contributed by atoms with E-state index in [-0.39, 0.29) is 11.1 Å². The summed E-state index contributed by atoms with van der Waals surface area (Å²) in [6.45, 7) is 5.58. The maximum Gasteiger partial charge on any atom is 0.156 e. The molecule has 0 aliphatic carbocycles. The first-order chi connectivity index (χ1) is 15.4. The Kier molecular flexibility index (Phi) is 11.9. The fraction of sp³-hybridized carbons (Fsp3) is 0.348. The molecule has 0 saturated carbocycles. The van der Waals surface area contributed by atoms with Gasteiger partial charge in [0.2, 0.25) is 0 Å². The van der Waals surface area contributed by atoms with Gasteiger partial charge in [-0.2, -0.15) is 0 Å². The number of halogens is 4. The van der Waals surface area contributed by atoms with E-state index in [9.17, 15) is 0 Å². The van der Waals surface area contributed by atoms with Crippen LogP contribution in [0.4, 0.5) is 0 Å². The minimum Gasteiger partial charge on any atom is -0.493 e. The summed E-state index contributed by atoms with van der Waals surface area (Å²) in [5.74, 6) is 1.63. The minimum absolute atomic E-state index is 0.125. The van der Waals surface area contributed by atoms with Crippen LogP contribution in [0.25, 0.3) is 0 Å². The monoisotopic (exact) mass is 519 g/mol. The molecule has 2 rings (SSSR count). The Labute approximate surface area is 208 Å². The van der Waals surface area contributed by atoms with Gasteiger partial charge < -0.3 is 19.0 Å². The molecule has 0 spiro atoms.